The second-order valence-corrected chi connectivity index (χ2v) is 4.15. The molecule has 2 atom stereocenters. The molecule has 1 aromatic rings. The van der Waals surface area contributed by atoms with Crippen molar-refractivity contribution in [2.24, 2.45) is 5.92 Å². The summed E-state index contributed by atoms with van der Waals surface area (Å²) in [7, 11) is 0. The zero-order valence-corrected chi connectivity index (χ0v) is 9.23. The van der Waals surface area contributed by atoms with Crippen LogP contribution in [0.25, 0.3) is 6.08 Å². The van der Waals surface area contributed by atoms with Crippen LogP contribution in [-0.2, 0) is 4.79 Å². The van der Waals surface area contributed by atoms with E-state index >= 15 is 0 Å². The van der Waals surface area contributed by atoms with Crippen LogP contribution < -0.4 is 0 Å². The highest BCUT2D eigenvalue weighted by Crippen LogP contribution is 2.36. The van der Waals surface area contributed by atoms with Gasteiger partial charge in [0.15, 0.2) is 0 Å². The van der Waals surface area contributed by atoms with E-state index in [0.29, 0.717) is 5.92 Å². The number of benzene rings is 1. The van der Waals surface area contributed by atoms with E-state index in [4.69, 9.17) is 0 Å². The summed E-state index contributed by atoms with van der Waals surface area (Å²) in [5.74, 6) is 0.715. The number of rotatable bonds is 2. The first-order valence-corrected chi connectivity index (χ1v) is 5.51. The highest BCUT2D eigenvalue weighted by atomic mass is 16.1. The highest BCUT2D eigenvalue weighted by Gasteiger charge is 2.28. The van der Waals surface area contributed by atoms with Crippen molar-refractivity contribution in [3.63, 3.8) is 0 Å². The van der Waals surface area contributed by atoms with Crippen molar-refractivity contribution in [3.8, 4) is 0 Å². The molecule has 0 bridgehead atoms. The monoisotopic (exact) mass is 200 g/mol. The van der Waals surface area contributed by atoms with E-state index in [2.05, 4.69) is 31.2 Å². The van der Waals surface area contributed by atoms with Gasteiger partial charge < -0.3 is 0 Å². The molecule has 0 fully saturated rings. The van der Waals surface area contributed by atoms with Gasteiger partial charge in [-0.15, -0.1) is 0 Å². The van der Waals surface area contributed by atoms with E-state index in [0.717, 1.165) is 6.42 Å². The van der Waals surface area contributed by atoms with Crippen LogP contribution in [0.2, 0.25) is 0 Å². The largest absolute Gasteiger partial charge is 0.299 e. The molecule has 15 heavy (non-hydrogen) atoms. The predicted octanol–water partition coefficient (Wildman–Crippen LogP) is 3.41. The molecule has 0 amide bonds. The molecular weight excluding hydrogens is 184 g/mol. The van der Waals surface area contributed by atoms with Crippen LogP contribution in [0, 0.1) is 5.92 Å². The lowest BCUT2D eigenvalue weighted by Gasteiger charge is -2.27. The van der Waals surface area contributed by atoms with Gasteiger partial charge in [-0.2, -0.15) is 0 Å². The van der Waals surface area contributed by atoms with Gasteiger partial charge in [0.1, 0.15) is 5.78 Å². The first-order chi connectivity index (χ1) is 7.24. The fourth-order valence-corrected chi connectivity index (χ4v) is 2.41. The number of ketones is 1. The van der Waals surface area contributed by atoms with Crippen molar-refractivity contribution in [2.45, 2.75) is 26.2 Å². The van der Waals surface area contributed by atoms with Crippen molar-refractivity contribution >= 4 is 11.9 Å². The lowest BCUT2D eigenvalue weighted by atomic mass is 9.76. The van der Waals surface area contributed by atoms with Crippen molar-refractivity contribution in [3.05, 3.63) is 41.5 Å². The molecular formula is C14H16O. The average molecular weight is 200 g/mol. The summed E-state index contributed by atoms with van der Waals surface area (Å²) in [4.78, 5) is 11.7. The van der Waals surface area contributed by atoms with E-state index < -0.39 is 0 Å². The Labute approximate surface area is 90.8 Å². The molecule has 1 aliphatic carbocycles. The maximum Gasteiger partial charge on any atom is 0.137 e. The van der Waals surface area contributed by atoms with Crippen molar-refractivity contribution in [1.29, 1.82) is 0 Å². The van der Waals surface area contributed by atoms with Crippen LogP contribution in [-0.4, -0.2) is 5.78 Å². The first-order valence-electron chi connectivity index (χ1n) is 5.51. The molecule has 0 spiro atoms. The minimum atomic E-state index is 0.0659. The zero-order chi connectivity index (χ0) is 10.8. The Kier molecular flexibility index (Phi) is 2.72. The van der Waals surface area contributed by atoms with Crippen molar-refractivity contribution in [2.75, 3.05) is 0 Å². The molecule has 1 heteroatoms. The number of fused-ring (bicyclic) bond motifs is 1. The molecule has 2 rings (SSSR count). The fourth-order valence-electron chi connectivity index (χ4n) is 2.41. The van der Waals surface area contributed by atoms with Gasteiger partial charge in [-0.05, 0) is 30.4 Å². The fraction of sp³-hybridized carbons (Fsp3) is 0.357. The summed E-state index contributed by atoms with van der Waals surface area (Å²) in [6.45, 7) is 3.84. The van der Waals surface area contributed by atoms with E-state index in [9.17, 15) is 4.79 Å². The molecule has 0 saturated carbocycles. The quantitative estimate of drug-likeness (QED) is 0.715. The maximum atomic E-state index is 11.7. The molecule has 0 aliphatic heterocycles. The van der Waals surface area contributed by atoms with Crippen molar-refractivity contribution in [1.82, 2.24) is 0 Å². The summed E-state index contributed by atoms with van der Waals surface area (Å²) in [5, 5.41) is 0. The van der Waals surface area contributed by atoms with Gasteiger partial charge in [-0.25, -0.2) is 0 Å². The number of carbonyl (C=O) groups is 1. The summed E-state index contributed by atoms with van der Waals surface area (Å²) in [5.41, 5.74) is 2.39. The number of Topliss-reactive ketones (excluding diaryl/α,β-unsaturated/α-hetero) is 1. The van der Waals surface area contributed by atoms with Gasteiger partial charge >= 0.3 is 0 Å². The Hall–Kier alpha value is -1.37. The third kappa shape index (κ3) is 1.74. The van der Waals surface area contributed by atoms with E-state index in [1.165, 1.54) is 11.1 Å². The lowest BCUT2D eigenvalue weighted by Crippen LogP contribution is -2.21. The summed E-state index contributed by atoms with van der Waals surface area (Å²) in [6, 6.07) is 8.19. The van der Waals surface area contributed by atoms with Gasteiger partial charge in [-0.3, -0.25) is 4.79 Å². The van der Waals surface area contributed by atoms with Gasteiger partial charge in [0.25, 0.3) is 0 Å². The first kappa shape index (κ1) is 10.2. The average Bonchev–Trinajstić information content (AvgIpc) is 2.27. The maximum absolute atomic E-state index is 11.7. The summed E-state index contributed by atoms with van der Waals surface area (Å²) in [6.07, 6.45) is 5.34. The topological polar surface area (TPSA) is 17.1 Å². The van der Waals surface area contributed by atoms with E-state index in [1.54, 1.807) is 6.92 Å². The summed E-state index contributed by atoms with van der Waals surface area (Å²) >= 11 is 0. The van der Waals surface area contributed by atoms with Gasteiger partial charge in [-0.1, -0.05) is 43.3 Å². The van der Waals surface area contributed by atoms with Gasteiger partial charge in [0, 0.05) is 5.92 Å². The number of hydrogen-bond donors (Lipinski definition) is 0. The van der Waals surface area contributed by atoms with Crippen molar-refractivity contribution < 1.29 is 4.79 Å². The Bertz CT molecular complexity index is 404. The van der Waals surface area contributed by atoms with Crippen LogP contribution in [0.3, 0.4) is 0 Å². The van der Waals surface area contributed by atoms with E-state index in [1.807, 2.05) is 12.1 Å². The zero-order valence-electron chi connectivity index (χ0n) is 9.23. The molecule has 0 heterocycles. The summed E-state index contributed by atoms with van der Waals surface area (Å²) < 4.78 is 0. The van der Waals surface area contributed by atoms with Crippen LogP contribution >= 0.6 is 0 Å². The van der Waals surface area contributed by atoms with Crippen LogP contribution in [0.5, 0.6) is 0 Å². The Balaban J connectivity index is 2.49. The number of carbonyl (C=O) groups excluding carboxylic acids is 1. The Morgan fingerprint density at radius 2 is 2.07 bits per heavy atom. The van der Waals surface area contributed by atoms with Gasteiger partial charge in [0.05, 0.1) is 0 Å². The predicted molar refractivity (Wildman–Crippen MR) is 62.7 cm³/mol. The Morgan fingerprint density at radius 1 is 1.33 bits per heavy atom. The third-order valence-electron chi connectivity index (χ3n) is 3.19. The molecule has 1 aliphatic rings. The minimum absolute atomic E-state index is 0.0659. The molecule has 2 unspecified atom stereocenters. The molecule has 78 valence electrons. The van der Waals surface area contributed by atoms with Crippen LogP contribution in [0.15, 0.2) is 30.3 Å². The molecule has 0 saturated heterocycles. The normalized spacial score (nSPS) is 23.6. The number of hydrogen-bond acceptors (Lipinski definition) is 1. The number of allylic oxidation sites excluding steroid dienone is 1. The minimum Gasteiger partial charge on any atom is -0.299 e. The Morgan fingerprint density at radius 3 is 2.73 bits per heavy atom. The second-order valence-electron chi connectivity index (χ2n) is 4.15. The molecule has 0 aromatic heterocycles. The molecule has 1 aromatic carbocycles. The van der Waals surface area contributed by atoms with E-state index in [-0.39, 0.29) is 11.7 Å². The second kappa shape index (κ2) is 4.01. The third-order valence-corrected chi connectivity index (χ3v) is 3.19. The van der Waals surface area contributed by atoms with Crippen LogP contribution in [0.1, 0.15) is 37.3 Å². The molecule has 1 nitrogen and oxygen atoms in total. The lowest BCUT2D eigenvalue weighted by molar-refractivity contribution is -0.119. The highest BCUT2D eigenvalue weighted by molar-refractivity contribution is 5.86. The molecule has 0 radical (unpaired) electrons. The standard InChI is InChI=1S/C14H16O/c1-3-11-8-9-12-6-4-5-7-13(12)14(11)10(2)15/h4-9,11,14H,3H2,1-2H3. The SMILES string of the molecule is CCC1C=Cc2ccccc2C1C(C)=O. The smallest absolute Gasteiger partial charge is 0.137 e. The molecule has 0 N–H and O–H groups in total. The van der Waals surface area contributed by atoms with Crippen LogP contribution in [0.4, 0.5) is 0 Å². The van der Waals surface area contributed by atoms with Gasteiger partial charge in [0.2, 0.25) is 0 Å².